The summed E-state index contributed by atoms with van der Waals surface area (Å²) in [6, 6.07) is 0.675. The van der Waals surface area contributed by atoms with Gasteiger partial charge in [0.15, 0.2) is 0 Å². The lowest BCUT2D eigenvalue weighted by atomic mass is 9.91. The summed E-state index contributed by atoms with van der Waals surface area (Å²) < 4.78 is 5.36. The molecular weight excluding hydrogens is 204 g/mol. The first-order valence-corrected chi connectivity index (χ1v) is 6.35. The summed E-state index contributed by atoms with van der Waals surface area (Å²) in [6.45, 7) is 6.30. The number of rotatable bonds is 6. The monoisotopic (exact) mass is 230 g/mol. The number of hydrogen-bond acceptors (Lipinski definition) is 4. The zero-order valence-electron chi connectivity index (χ0n) is 10.5. The van der Waals surface area contributed by atoms with Crippen LogP contribution in [0.4, 0.5) is 0 Å². The fourth-order valence-electron chi connectivity index (χ4n) is 2.46. The van der Waals surface area contributed by atoms with Gasteiger partial charge >= 0.3 is 0 Å². The summed E-state index contributed by atoms with van der Waals surface area (Å²) >= 11 is 0. The first-order chi connectivity index (χ1) is 7.63. The molecule has 0 aromatic heterocycles. The van der Waals surface area contributed by atoms with Gasteiger partial charge in [0.05, 0.1) is 6.10 Å². The fourth-order valence-corrected chi connectivity index (χ4v) is 2.46. The third-order valence-corrected chi connectivity index (χ3v) is 3.28. The SMILES string of the molecule is CC(O)CC(C)NC(CN)C1CCOCC1. The smallest absolute Gasteiger partial charge is 0.0526 e. The van der Waals surface area contributed by atoms with Gasteiger partial charge in [-0.05, 0) is 39.0 Å². The van der Waals surface area contributed by atoms with Gasteiger partial charge in [-0.1, -0.05) is 0 Å². The second-order valence-corrected chi connectivity index (χ2v) is 4.94. The van der Waals surface area contributed by atoms with Crippen LogP contribution in [0.2, 0.25) is 0 Å². The van der Waals surface area contributed by atoms with Crippen LogP contribution in [0.5, 0.6) is 0 Å². The number of nitrogens with one attached hydrogen (secondary N) is 1. The molecule has 0 saturated carbocycles. The van der Waals surface area contributed by atoms with Gasteiger partial charge in [0, 0.05) is 31.8 Å². The van der Waals surface area contributed by atoms with Gasteiger partial charge in [0.25, 0.3) is 0 Å². The van der Waals surface area contributed by atoms with Crippen molar-refractivity contribution in [2.75, 3.05) is 19.8 Å². The molecule has 1 aliphatic rings. The summed E-state index contributed by atoms with van der Waals surface area (Å²) in [7, 11) is 0. The van der Waals surface area contributed by atoms with Crippen LogP contribution in [0, 0.1) is 5.92 Å². The minimum Gasteiger partial charge on any atom is -0.393 e. The van der Waals surface area contributed by atoms with Gasteiger partial charge in [-0.25, -0.2) is 0 Å². The number of aliphatic hydroxyl groups is 1. The Balaban J connectivity index is 2.34. The van der Waals surface area contributed by atoms with Gasteiger partial charge < -0.3 is 20.9 Å². The third-order valence-electron chi connectivity index (χ3n) is 3.28. The highest BCUT2D eigenvalue weighted by atomic mass is 16.5. The summed E-state index contributed by atoms with van der Waals surface area (Å²) in [5.74, 6) is 0.621. The van der Waals surface area contributed by atoms with Gasteiger partial charge in [-0.2, -0.15) is 0 Å². The Morgan fingerprint density at radius 1 is 1.38 bits per heavy atom. The molecule has 0 amide bonds. The van der Waals surface area contributed by atoms with E-state index in [0.717, 1.165) is 32.5 Å². The Morgan fingerprint density at radius 2 is 2.00 bits per heavy atom. The molecule has 16 heavy (non-hydrogen) atoms. The van der Waals surface area contributed by atoms with Crippen LogP contribution < -0.4 is 11.1 Å². The maximum Gasteiger partial charge on any atom is 0.0526 e. The Morgan fingerprint density at radius 3 is 2.50 bits per heavy atom. The molecule has 4 heteroatoms. The first kappa shape index (κ1) is 13.9. The largest absolute Gasteiger partial charge is 0.393 e. The molecule has 3 unspecified atom stereocenters. The molecule has 1 rings (SSSR count). The topological polar surface area (TPSA) is 67.5 Å². The average Bonchev–Trinajstić information content (AvgIpc) is 2.26. The van der Waals surface area contributed by atoms with E-state index in [1.54, 1.807) is 0 Å². The van der Waals surface area contributed by atoms with Crippen molar-refractivity contribution in [3.63, 3.8) is 0 Å². The van der Waals surface area contributed by atoms with Crippen molar-refractivity contribution >= 4 is 0 Å². The van der Waals surface area contributed by atoms with E-state index < -0.39 is 0 Å². The predicted molar refractivity (Wildman–Crippen MR) is 65.3 cm³/mol. The van der Waals surface area contributed by atoms with Crippen LogP contribution in [0.1, 0.15) is 33.1 Å². The minimum atomic E-state index is -0.254. The molecule has 0 aliphatic carbocycles. The van der Waals surface area contributed by atoms with Crippen LogP contribution in [0.25, 0.3) is 0 Å². The van der Waals surface area contributed by atoms with E-state index >= 15 is 0 Å². The van der Waals surface area contributed by atoms with Crippen LogP contribution in [0.15, 0.2) is 0 Å². The van der Waals surface area contributed by atoms with E-state index in [-0.39, 0.29) is 6.10 Å². The highest BCUT2D eigenvalue weighted by Crippen LogP contribution is 2.19. The molecule has 0 bridgehead atoms. The molecule has 1 aliphatic heterocycles. The lowest BCUT2D eigenvalue weighted by Crippen LogP contribution is -2.48. The van der Waals surface area contributed by atoms with E-state index in [0.29, 0.717) is 24.5 Å². The number of aliphatic hydroxyl groups excluding tert-OH is 1. The van der Waals surface area contributed by atoms with Crippen LogP contribution >= 0.6 is 0 Å². The quantitative estimate of drug-likeness (QED) is 0.621. The minimum absolute atomic E-state index is 0.254. The summed E-state index contributed by atoms with van der Waals surface area (Å²) in [5.41, 5.74) is 5.82. The molecule has 0 spiro atoms. The number of hydrogen-bond donors (Lipinski definition) is 3. The Hall–Kier alpha value is -0.160. The number of ether oxygens (including phenoxy) is 1. The molecule has 96 valence electrons. The van der Waals surface area contributed by atoms with Crippen molar-refractivity contribution in [3.8, 4) is 0 Å². The van der Waals surface area contributed by atoms with Crippen molar-refractivity contribution in [3.05, 3.63) is 0 Å². The van der Waals surface area contributed by atoms with Gasteiger partial charge in [0.1, 0.15) is 0 Å². The van der Waals surface area contributed by atoms with Gasteiger partial charge in [-0.3, -0.25) is 0 Å². The van der Waals surface area contributed by atoms with E-state index in [2.05, 4.69) is 12.2 Å². The van der Waals surface area contributed by atoms with Crippen molar-refractivity contribution in [1.82, 2.24) is 5.32 Å². The molecule has 3 atom stereocenters. The highest BCUT2D eigenvalue weighted by Gasteiger charge is 2.24. The third kappa shape index (κ3) is 4.78. The molecule has 4 N–H and O–H groups in total. The summed E-state index contributed by atoms with van der Waals surface area (Å²) in [5, 5.41) is 12.9. The Bertz CT molecular complexity index is 182. The van der Waals surface area contributed by atoms with E-state index in [4.69, 9.17) is 10.5 Å². The molecule has 1 saturated heterocycles. The van der Waals surface area contributed by atoms with Crippen molar-refractivity contribution in [2.24, 2.45) is 11.7 Å². The van der Waals surface area contributed by atoms with Crippen LogP contribution in [-0.4, -0.2) is 43.1 Å². The van der Waals surface area contributed by atoms with E-state index in [1.807, 2.05) is 6.92 Å². The molecule has 0 aromatic carbocycles. The van der Waals surface area contributed by atoms with Crippen molar-refractivity contribution in [1.29, 1.82) is 0 Å². The first-order valence-electron chi connectivity index (χ1n) is 6.35. The Labute approximate surface area is 98.5 Å². The average molecular weight is 230 g/mol. The maximum atomic E-state index is 9.33. The van der Waals surface area contributed by atoms with Crippen LogP contribution in [0.3, 0.4) is 0 Å². The molecule has 4 nitrogen and oxygen atoms in total. The lowest BCUT2D eigenvalue weighted by Gasteiger charge is -2.32. The molecule has 0 radical (unpaired) electrons. The van der Waals surface area contributed by atoms with E-state index in [9.17, 15) is 5.11 Å². The van der Waals surface area contributed by atoms with Crippen LogP contribution in [-0.2, 0) is 4.74 Å². The summed E-state index contributed by atoms with van der Waals surface area (Å²) in [4.78, 5) is 0. The van der Waals surface area contributed by atoms with E-state index in [1.165, 1.54) is 0 Å². The van der Waals surface area contributed by atoms with Gasteiger partial charge in [-0.15, -0.1) is 0 Å². The highest BCUT2D eigenvalue weighted by molar-refractivity contribution is 4.82. The fraction of sp³-hybridized carbons (Fsp3) is 1.00. The molecule has 0 aromatic rings. The standard InChI is InChI=1S/C12H26N2O2/c1-9(7-10(2)15)14-12(8-13)11-3-5-16-6-4-11/h9-12,14-15H,3-8,13H2,1-2H3. The van der Waals surface area contributed by atoms with Gasteiger partial charge in [0.2, 0.25) is 0 Å². The normalized spacial score (nSPS) is 24.0. The second-order valence-electron chi connectivity index (χ2n) is 4.94. The lowest BCUT2D eigenvalue weighted by molar-refractivity contribution is 0.0521. The molecular formula is C12H26N2O2. The molecule has 1 heterocycles. The maximum absolute atomic E-state index is 9.33. The van der Waals surface area contributed by atoms with Crippen molar-refractivity contribution in [2.45, 2.75) is 51.3 Å². The van der Waals surface area contributed by atoms with Crippen molar-refractivity contribution < 1.29 is 9.84 Å². The predicted octanol–water partition coefficient (Wildman–Crippen LogP) is 0.489. The zero-order chi connectivity index (χ0) is 12.0. The summed E-state index contributed by atoms with van der Waals surface area (Å²) in [6.07, 6.45) is 2.71. The second kappa shape index (κ2) is 7.22. The zero-order valence-corrected chi connectivity index (χ0v) is 10.5. The molecule has 1 fully saturated rings. The number of nitrogens with two attached hydrogens (primary N) is 1. The Kier molecular flexibility index (Phi) is 6.28.